The van der Waals surface area contributed by atoms with Gasteiger partial charge in [-0.3, -0.25) is 9.78 Å². The van der Waals surface area contributed by atoms with Crippen molar-refractivity contribution in [3.8, 4) is 0 Å². The van der Waals surface area contributed by atoms with Crippen molar-refractivity contribution in [2.75, 3.05) is 23.0 Å². The minimum Gasteiger partial charge on any atom is -0.415 e. The number of nitrogens with zero attached hydrogens (tertiary/aromatic N) is 3. The van der Waals surface area contributed by atoms with Crippen LogP contribution >= 0.6 is 11.6 Å². The highest BCUT2D eigenvalue weighted by Crippen LogP contribution is 2.38. The topological polar surface area (TPSA) is 45.7 Å². The van der Waals surface area contributed by atoms with Gasteiger partial charge < -0.3 is 14.2 Å². The first-order valence-electron chi connectivity index (χ1n) is 11.0. The highest BCUT2D eigenvalue weighted by atomic mass is 35.5. The van der Waals surface area contributed by atoms with Crippen molar-refractivity contribution in [2.45, 2.75) is 64.3 Å². The van der Waals surface area contributed by atoms with Crippen LogP contribution in [-0.4, -0.2) is 38.4 Å². The molecule has 31 heavy (non-hydrogen) atoms. The van der Waals surface area contributed by atoms with Gasteiger partial charge in [0.25, 0.3) is 5.91 Å². The third-order valence-corrected chi connectivity index (χ3v) is 11.8. The molecule has 0 bridgehead atoms. The summed E-state index contributed by atoms with van der Waals surface area (Å²) in [6.45, 7) is 13.7. The van der Waals surface area contributed by atoms with Crippen molar-refractivity contribution in [1.82, 2.24) is 4.98 Å². The molecule has 1 aromatic heterocycles. The lowest BCUT2D eigenvalue weighted by atomic mass is 10.1. The highest BCUT2D eigenvalue weighted by Gasteiger charge is 2.39. The first kappa shape index (κ1) is 22.3. The van der Waals surface area contributed by atoms with Crippen molar-refractivity contribution in [3.63, 3.8) is 0 Å². The van der Waals surface area contributed by atoms with Crippen LogP contribution < -0.4 is 9.80 Å². The molecule has 0 aliphatic carbocycles. The summed E-state index contributed by atoms with van der Waals surface area (Å²) in [6, 6.07) is 7.89. The van der Waals surface area contributed by atoms with Gasteiger partial charge in [-0.1, -0.05) is 32.4 Å². The lowest BCUT2D eigenvalue weighted by Gasteiger charge is -2.38. The highest BCUT2D eigenvalue weighted by molar-refractivity contribution is 6.74. The van der Waals surface area contributed by atoms with E-state index in [0.717, 1.165) is 48.5 Å². The summed E-state index contributed by atoms with van der Waals surface area (Å²) in [5, 5.41) is 0.855. The van der Waals surface area contributed by atoms with Crippen LogP contribution in [0.25, 0.3) is 0 Å². The second-order valence-corrected chi connectivity index (χ2v) is 15.4. The zero-order valence-corrected chi connectivity index (χ0v) is 20.9. The lowest BCUT2D eigenvalue weighted by Crippen LogP contribution is -2.44. The van der Waals surface area contributed by atoms with Gasteiger partial charge in [0, 0.05) is 17.1 Å². The Morgan fingerprint density at radius 2 is 1.94 bits per heavy atom. The molecule has 1 fully saturated rings. The van der Waals surface area contributed by atoms with Crippen LogP contribution in [0, 0.1) is 0 Å². The van der Waals surface area contributed by atoms with E-state index in [4.69, 9.17) is 16.0 Å². The maximum Gasteiger partial charge on any atom is 0.258 e. The van der Waals surface area contributed by atoms with E-state index in [2.05, 4.69) is 49.8 Å². The maximum atomic E-state index is 12.9. The molecule has 166 valence electrons. The number of hydrogen-bond donors (Lipinski definition) is 0. The maximum absolute atomic E-state index is 12.9. The van der Waals surface area contributed by atoms with E-state index in [0.29, 0.717) is 17.6 Å². The first-order chi connectivity index (χ1) is 14.6. The predicted molar refractivity (Wildman–Crippen MR) is 130 cm³/mol. The molecule has 2 aromatic rings. The van der Waals surface area contributed by atoms with Crippen LogP contribution in [0.15, 0.2) is 36.7 Å². The summed E-state index contributed by atoms with van der Waals surface area (Å²) < 4.78 is 6.53. The SMILES string of the molecule is CC(C)(C)[Si](C)(C)OC[C@@H]1CCCN1c1cncc(N2Cc3cc(Cl)ccc3C2=O)c1. The standard InChI is InChI=1S/C24H32ClN3O2Si/c1-24(2,3)31(4,5)30-16-19-7-6-10-27(19)20-12-21(14-26-13-20)28-15-17-11-18(25)8-9-22(17)23(28)29/h8-9,11-14,19H,6-7,10,15-16H2,1-5H3/t19-/m0/s1. The average Bonchev–Trinajstić information content (AvgIpc) is 3.30. The van der Waals surface area contributed by atoms with Gasteiger partial charge in [-0.05, 0) is 60.8 Å². The Balaban J connectivity index is 1.51. The van der Waals surface area contributed by atoms with Gasteiger partial charge in [0.05, 0.1) is 43.0 Å². The van der Waals surface area contributed by atoms with Crippen molar-refractivity contribution in [3.05, 3.63) is 52.8 Å². The average molecular weight is 458 g/mol. The van der Waals surface area contributed by atoms with E-state index in [9.17, 15) is 4.79 Å². The van der Waals surface area contributed by atoms with Crippen LogP contribution in [0.3, 0.4) is 0 Å². The smallest absolute Gasteiger partial charge is 0.258 e. The number of amides is 1. The molecule has 1 saturated heterocycles. The number of carbonyl (C=O) groups excluding carboxylic acids is 1. The monoisotopic (exact) mass is 457 g/mol. The minimum atomic E-state index is -1.79. The van der Waals surface area contributed by atoms with Crippen molar-refractivity contribution < 1.29 is 9.22 Å². The van der Waals surface area contributed by atoms with Crippen LogP contribution in [0.5, 0.6) is 0 Å². The number of hydrogen-bond acceptors (Lipinski definition) is 4. The third-order valence-electron chi connectivity index (χ3n) is 7.04. The van der Waals surface area contributed by atoms with E-state index >= 15 is 0 Å². The third kappa shape index (κ3) is 4.38. The number of anilines is 2. The van der Waals surface area contributed by atoms with Crippen molar-refractivity contribution in [1.29, 1.82) is 0 Å². The molecule has 1 atom stereocenters. The molecule has 0 spiro atoms. The molecule has 2 aliphatic heterocycles. The summed E-state index contributed by atoms with van der Waals surface area (Å²) in [5.74, 6) is 0.00449. The van der Waals surface area contributed by atoms with Gasteiger partial charge in [-0.25, -0.2) is 0 Å². The van der Waals surface area contributed by atoms with Gasteiger partial charge in [0.15, 0.2) is 8.32 Å². The zero-order chi connectivity index (χ0) is 22.4. The van der Waals surface area contributed by atoms with Gasteiger partial charge >= 0.3 is 0 Å². The Labute approximate surface area is 191 Å². The van der Waals surface area contributed by atoms with Crippen LogP contribution in [0.1, 0.15) is 49.5 Å². The predicted octanol–water partition coefficient (Wildman–Crippen LogP) is 5.89. The summed E-state index contributed by atoms with van der Waals surface area (Å²) in [7, 11) is -1.79. The van der Waals surface area contributed by atoms with E-state index < -0.39 is 8.32 Å². The molecular formula is C24H32ClN3O2Si. The van der Waals surface area contributed by atoms with E-state index in [1.54, 1.807) is 17.2 Å². The lowest BCUT2D eigenvalue weighted by molar-refractivity contribution is 0.0996. The Kier molecular flexibility index (Phi) is 5.92. The van der Waals surface area contributed by atoms with Crippen LogP contribution in [-0.2, 0) is 11.0 Å². The minimum absolute atomic E-state index is 0.00449. The molecule has 0 radical (unpaired) electrons. The number of carbonyl (C=O) groups is 1. The largest absolute Gasteiger partial charge is 0.415 e. The Morgan fingerprint density at radius 1 is 1.19 bits per heavy atom. The summed E-state index contributed by atoms with van der Waals surface area (Å²) in [4.78, 5) is 21.6. The number of pyridine rings is 1. The van der Waals surface area contributed by atoms with E-state index in [-0.39, 0.29) is 10.9 Å². The fourth-order valence-electron chi connectivity index (χ4n) is 4.09. The van der Waals surface area contributed by atoms with E-state index in [1.165, 1.54) is 0 Å². The Hall–Kier alpha value is -1.89. The van der Waals surface area contributed by atoms with E-state index in [1.807, 2.05) is 18.3 Å². The molecule has 0 saturated carbocycles. The molecular weight excluding hydrogens is 426 g/mol. The molecule has 5 nitrogen and oxygen atoms in total. The first-order valence-corrected chi connectivity index (χ1v) is 14.3. The summed E-state index contributed by atoms with van der Waals surface area (Å²) in [5.41, 5.74) is 3.56. The van der Waals surface area contributed by atoms with Crippen molar-refractivity contribution in [2.24, 2.45) is 0 Å². The van der Waals surface area contributed by atoms with Crippen LogP contribution in [0.2, 0.25) is 23.2 Å². The second kappa shape index (κ2) is 8.23. The Bertz CT molecular complexity index is 989. The van der Waals surface area contributed by atoms with Gasteiger partial charge in [-0.15, -0.1) is 0 Å². The molecule has 1 aromatic carbocycles. The molecule has 3 heterocycles. The van der Waals surface area contributed by atoms with Gasteiger partial charge in [0.2, 0.25) is 0 Å². The number of halogens is 1. The zero-order valence-electron chi connectivity index (χ0n) is 19.1. The van der Waals surface area contributed by atoms with Crippen LogP contribution in [0.4, 0.5) is 11.4 Å². The fraction of sp³-hybridized carbons (Fsp3) is 0.500. The normalized spacial score (nSPS) is 19.3. The Morgan fingerprint density at radius 3 is 2.68 bits per heavy atom. The molecule has 0 N–H and O–H groups in total. The van der Waals surface area contributed by atoms with Gasteiger partial charge in [0.1, 0.15) is 0 Å². The number of rotatable bonds is 5. The molecule has 2 aliphatic rings. The molecule has 7 heteroatoms. The summed E-state index contributed by atoms with van der Waals surface area (Å²) >= 11 is 6.12. The molecule has 1 amide bonds. The fourth-order valence-corrected chi connectivity index (χ4v) is 5.33. The number of fused-ring (bicyclic) bond motifs is 1. The number of benzene rings is 1. The second-order valence-electron chi connectivity index (χ2n) is 10.2. The summed E-state index contributed by atoms with van der Waals surface area (Å²) in [6.07, 6.45) is 5.93. The van der Waals surface area contributed by atoms with Gasteiger partial charge in [-0.2, -0.15) is 0 Å². The number of aromatic nitrogens is 1. The van der Waals surface area contributed by atoms with Crippen molar-refractivity contribution >= 4 is 37.2 Å². The molecule has 0 unspecified atom stereocenters. The molecule has 4 rings (SSSR count). The quantitative estimate of drug-likeness (QED) is 0.525.